The number of urea groups is 1. The van der Waals surface area contributed by atoms with Crippen molar-refractivity contribution in [1.82, 2.24) is 34.7 Å². The van der Waals surface area contributed by atoms with Gasteiger partial charge in [-0.25, -0.2) is 14.3 Å². The van der Waals surface area contributed by atoms with Crippen LogP contribution in [0.25, 0.3) is 5.78 Å². The van der Waals surface area contributed by atoms with Crippen LogP contribution in [0.1, 0.15) is 61.3 Å². The van der Waals surface area contributed by atoms with Crippen LogP contribution in [-0.4, -0.2) is 73.5 Å². The molecule has 0 bridgehead atoms. The van der Waals surface area contributed by atoms with Gasteiger partial charge in [-0.3, -0.25) is 4.79 Å². The Morgan fingerprint density at radius 1 is 1.00 bits per heavy atom. The summed E-state index contributed by atoms with van der Waals surface area (Å²) in [6.45, 7) is 5.23. The predicted octanol–water partition coefficient (Wildman–Crippen LogP) is 2.88. The van der Waals surface area contributed by atoms with Gasteiger partial charge in [-0.05, 0) is 38.7 Å². The molecule has 1 saturated carbocycles. The standard InChI is InChI=1S/C22H30F3N7O2/c1-14-17(15(2)32-20(26-14)28-19(29-32)22(23,24)25)8-9-18(33)30-10-12-31(13-11-30)21(34)27-16-6-4-3-5-7-16/h16H,3-13H2,1-2H3,(H,27,34). The summed E-state index contributed by atoms with van der Waals surface area (Å²) in [4.78, 5) is 36.4. The molecular formula is C22H30F3N7O2. The van der Waals surface area contributed by atoms with Gasteiger partial charge in [-0.2, -0.15) is 18.2 Å². The molecule has 9 nitrogen and oxygen atoms in total. The van der Waals surface area contributed by atoms with Gasteiger partial charge in [0.25, 0.3) is 11.6 Å². The smallest absolute Gasteiger partial charge is 0.339 e. The number of carbonyl (C=O) groups excluding carboxylic acids is 2. The molecule has 2 fully saturated rings. The van der Waals surface area contributed by atoms with Crippen LogP contribution in [-0.2, 0) is 17.4 Å². The van der Waals surface area contributed by atoms with Crippen LogP contribution in [0.4, 0.5) is 18.0 Å². The van der Waals surface area contributed by atoms with E-state index in [1.54, 1.807) is 23.6 Å². The number of nitrogens with zero attached hydrogens (tertiary/aromatic N) is 6. The van der Waals surface area contributed by atoms with Crippen molar-refractivity contribution in [2.75, 3.05) is 26.2 Å². The van der Waals surface area contributed by atoms with Crippen LogP contribution in [0.2, 0.25) is 0 Å². The van der Waals surface area contributed by atoms with Crippen LogP contribution in [0.15, 0.2) is 0 Å². The van der Waals surface area contributed by atoms with Gasteiger partial charge in [0.15, 0.2) is 0 Å². The first-order valence-electron chi connectivity index (χ1n) is 11.8. The molecule has 12 heteroatoms. The van der Waals surface area contributed by atoms with Gasteiger partial charge in [0.1, 0.15) is 0 Å². The highest BCUT2D eigenvalue weighted by molar-refractivity contribution is 5.78. The molecule has 3 heterocycles. The van der Waals surface area contributed by atoms with E-state index >= 15 is 0 Å². The maximum Gasteiger partial charge on any atom is 0.453 e. The van der Waals surface area contributed by atoms with Crippen molar-refractivity contribution in [2.24, 2.45) is 0 Å². The highest BCUT2D eigenvalue weighted by Gasteiger charge is 2.37. The first-order valence-corrected chi connectivity index (χ1v) is 11.8. The molecule has 0 spiro atoms. The Hall–Kier alpha value is -2.92. The van der Waals surface area contributed by atoms with E-state index in [1.165, 1.54) is 6.42 Å². The molecule has 4 rings (SSSR count). The number of nitrogens with one attached hydrogen (secondary N) is 1. The molecule has 0 unspecified atom stereocenters. The van der Waals surface area contributed by atoms with E-state index in [0.29, 0.717) is 49.6 Å². The van der Waals surface area contributed by atoms with Crippen LogP contribution < -0.4 is 5.32 Å². The average Bonchev–Trinajstić information content (AvgIpc) is 3.24. The number of rotatable bonds is 4. The van der Waals surface area contributed by atoms with E-state index in [9.17, 15) is 22.8 Å². The monoisotopic (exact) mass is 481 g/mol. The molecule has 1 aliphatic carbocycles. The minimum absolute atomic E-state index is 0.0548. The van der Waals surface area contributed by atoms with Crippen molar-refractivity contribution in [3.63, 3.8) is 0 Å². The zero-order valence-electron chi connectivity index (χ0n) is 19.5. The summed E-state index contributed by atoms with van der Waals surface area (Å²) in [5, 5.41) is 6.66. The van der Waals surface area contributed by atoms with Gasteiger partial charge < -0.3 is 15.1 Å². The van der Waals surface area contributed by atoms with E-state index in [1.807, 2.05) is 0 Å². The van der Waals surface area contributed by atoms with E-state index in [4.69, 9.17) is 0 Å². The largest absolute Gasteiger partial charge is 0.453 e. The average molecular weight is 482 g/mol. The van der Waals surface area contributed by atoms with Crippen LogP contribution >= 0.6 is 0 Å². The Morgan fingerprint density at radius 2 is 1.65 bits per heavy atom. The lowest BCUT2D eigenvalue weighted by Crippen LogP contribution is -2.54. The molecule has 0 atom stereocenters. The third-order valence-corrected chi connectivity index (χ3v) is 6.74. The summed E-state index contributed by atoms with van der Waals surface area (Å²) >= 11 is 0. The second-order valence-corrected chi connectivity index (χ2v) is 9.06. The van der Waals surface area contributed by atoms with Gasteiger partial charge >= 0.3 is 12.2 Å². The molecule has 2 aromatic heterocycles. The first kappa shape index (κ1) is 24.2. The highest BCUT2D eigenvalue weighted by Crippen LogP contribution is 2.27. The summed E-state index contributed by atoms with van der Waals surface area (Å²) in [7, 11) is 0. The fourth-order valence-corrected chi connectivity index (χ4v) is 4.75. The molecule has 3 amide bonds. The number of alkyl halides is 3. The van der Waals surface area contributed by atoms with Crippen LogP contribution in [0.3, 0.4) is 0 Å². The number of hydrogen-bond acceptors (Lipinski definition) is 5. The SMILES string of the molecule is Cc1nc2nc(C(F)(F)F)nn2c(C)c1CCC(=O)N1CCN(C(=O)NC2CCCCC2)CC1. The maximum absolute atomic E-state index is 13.0. The lowest BCUT2D eigenvalue weighted by atomic mass is 9.96. The molecular weight excluding hydrogens is 451 g/mol. The number of aryl methyl sites for hydroxylation is 2. The molecule has 186 valence electrons. The Labute approximate surface area is 195 Å². The Morgan fingerprint density at radius 3 is 2.29 bits per heavy atom. The highest BCUT2D eigenvalue weighted by atomic mass is 19.4. The zero-order chi connectivity index (χ0) is 24.5. The number of halogens is 3. The molecule has 1 N–H and O–H groups in total. The van der Waals surface area contributed by atoms with E-state index < -0.39 is 12.0 Å². The van der Waals surface area contributed by atoms with E-state index in [2.05, 4.69) is 20.4 Å². The molecule has 34 heavy (non-hydrogen) atoms. The fourth-order valence-electron chi connectivity index (χ4n) is 4.75. The number of fused-ring (bicyclic) bond motifs is 1. The van der Waals surface area contributed by atoms with Crippen molar-refractivity contribution < 1.29 is 22.8 Å². The summed E-state index contributed by atoms with van der Waals surface area (Å²) in [5.41, 5.74) is 1.70. The van der Waals surface area contributed by atoms with Gasteiger partial charge in [-0.1, -0.05) is 19.3 Å². The predicted molar refractivity (Wildman–Crippen MR) is 117 cm³/mol. The number of piperazine rings is 1. The van der Waals surface area contributed by atoms with Gasteiger partial charge in [0.2, 0.25) is 5.91 Å². The van der Waals surface area contributed by atoms with Gasteiger partial charge in [0, 0.05) is 50.0 Å². The maximum atomic E-state index is 13.0. The topological polar surface area (TPSA) is 95.7 Å². The van der Waals surface area contributed by atoms with Crippen molar-refractivity contribution in [3.05, 3.63) is 22.8 Å². The molecule has 0 radical (unpaired) electrons. The molecule has 1 saturated heterocycles. The number of aromatic nitrogens is 4. The minimum atomic E-state index is -4.65. The second-order valence-electron chi connectivity index (χ2n) is 9.06. The molecule has 2 aliphatic rings. The third-order valence-electron chi connectivity index (χ3n) is 6.74. The summed E-state index contributed by atoms with van der Waals surface area (Å²) in [5.74, 6) is -1.40. The van der Waals surface area contributed by atoms with E-state index in [0.717, 1.165) is 30.2 Å². The lowest BCUT2D eigenvalue weighted by Gasteiger charge is -2.36. The number of carbonyl (C=O) groups is 2. The quantitative estimate of drug-likeness (QED) is 0.725. The number of hydrogen-bond donors (Lipinski definition) is 1. The van der Waals surface area contributed by atoms with E-state index in [-0.39, 0.29) is 30.2 Å². The van der Waals surface area contributed by atoms with Crippen molar-refractivity contribution in [1.29, 1.82) is 0 Å². The number of amides is 3. The van der Waals surface area contributed by atoms with Gasteiger partial charge in [0.05, 0.1) is 0 Å². The van der Waals surface area contributed by atoms with Gasteiger partial charge in [-0.15, -0.1) is 5.10 Å². The minimum Gasteiger partial charge on any atom is -0.339 e. The first-order chi connectivity index (χ1) is 16.1. The lowest BCUT2D eigenvalue weighted by molar-refractivity contribution is -0.144. The molecule has 2 aromatic rings. The summed E-state index contributed by atoms with van der Waals surface area (Å²) < 4.78 is 40.0. The second kappa shape index (κ2) is 9.75. The zero-order valence-corrected chi connectivity index (χ0v) is 19.5. The normalized spacial score (nSPS) is 17.9. The Kier molecular flexibility index (Phi) is 6.94. The summed E-state index contributed by atoms with van der Waals surface area (Å²) in [6.07, 6.45) is 1.45. The third kappa shape index (κ3) is 5.25. The fraction of sp³-hybridized carbons (Fsp3) is 0.682. The van der Waals surface area contributed by atoms with Crippen LogP contribution in [0, 0.1) is 13.8 Å². The Bertz CT molecular complexity index is 1050. The Balaban J connectivity index is 1.32. The molecule has 0 aromatic carbocycles. The van der Waals surface area contributed by atoms with Crippen molar-refractivity contribution >= 4 is 17.7 Å². The molecule has 1 aliphatic heterocycles. The van der Waals surface area contributed by atoms with Crippen molar-refractivity contribution in [3.8, 4) is 0 Å². The summed E-state index contributed by atoms with van der Waals surface area (Å²) in [6, 6.07) is 0.186. The van der Waals surface area contributed by atoms with Crippen LogP contribution in [0.5, 0.6) is 0 Å². The van der Waals surface area contributed by atoms with Crippen molar-refractivity contribution in [2.45, 2.75) is 71.0 Å².